The number of nitrogens with zero attached hydrogens (tertiary/aromatic N) is 2. The fourth-order valence-electron chi connectivity index (χ4n) is 3.87. The van der Waals surface area contributed by atoms with E-state index in [9.17, 15) is 13.2 Å². The number of rotatable bonds is 7. The second-order valence-corrected chi connectivity index (χ2v) is 10.2. The van der Waals surface area contributed by atoms with Crippen molar-refractivity contribution in [3.8, 4) is 5.69 Å². The van der Waals surface area contributed by atoms with Gasteiger partial charge in [0.2, 0.25) is 0 Å². The summed E-state index contributed by atoms with van der Waals surface area (Å²) in [6, 6.07) is 18.0. The summed E-state index contributed by atoms with van der Waals surface area (Å²) in [6.45, 7) is 7.76. The molecular weight excluding hydrogens is 460 g/mol. The molecule has 1 heterocycles. The third-order valence-electron chi connectivity index (χ3n) is 5.86. The van der Waals surface area contributed by atoms with Gasteiger partial charge in [0.1, 0.15) is 5.82 Å². The molecule has 0 spiro atoms. The average Bonchev–Trinajstić information content (AvgIpc) is 3.25. The molecule has 0 saturated heterocycles. The lowest BCUT2D eigenvalue weighted by Gasteiger charge is -2.14. The summed E-state index contributed by atoms with van der Waals surface area (Å²) in [7, 11) is -3.87. The van der Waals surface area contributed by atoms with Gasteiger partial charge in [0.25, 0.3) is 15.9 Å². The van der Waals surface area contributed by atoms with Crippen LogP contribution in [0, 0.1) is 27.7 Å². The standard InChI is InChI=1S/C27H28N4O3S/c1-18-5-12-25(20(3)15-18)30-35(33,34)26-16-23(9-6-19(26)2)27(32)29-17-22-7-10-24(11-8-22)31-14-13-28-21(31)4/h5-16,30H,17H2,1-4H3,(H,29,32). The first-order valence-corrected chi connectivity index (χ1v) is 12.7. The number of nitrogens with one attached hydrogen (secondary N) is 2. The first-order chi connectivity index (χ1) is 16.6. The molecule has 4 rings (SSSR count). The predicted molar refractivity (Wildman–Crippen MR) is 137 cm³/mol. The van der Waals surface area contributed by atoms with Crippen LogP contribution < -0.4 is 10.0 Å². The van der Waals surface area contributed by atoms with Gasteiger partial charge in [0, 0.05) is 30.2 Å². The predicted octanol–water partition coefficient (Wildman–Crippen LogP) is 4.84. The Labute approximate surface area is 205 Å². The minimum atomic E-state index is -3.87. The maximum absolute atomic E-state index is 13.1. The molecule has 0 fully saturated rings. The van der Waals surface area contributed by atoms with E-state index in [2.05, 4.69) is 15.0 Å². The van der Waals surface area contributed by atoms with E-state index in [1.54, 1.807) is 31.3 Å². The van der Waals surface area contributed by atoms with Crippen molar-refractivity contribution in [2.24, 2.45) is 0 Å². The Kier molecular flexibility index (Phi) is 6.75. The summed E-state index contributed by atoms with van der Waals surface area (Å²) < 4.78 is 30.9. The van der Waals surface area contributed by atoms with Gasteiger partial charge < -0.3 is 9.88 Å². The van der Waals surface area contributed by atoms with Crippen molar-refractivity contribution < 1.29 is 13.2 Å². The number of hydrogen-bond acceptors (Lipinski definition) is 4. The number of benzene rings is 3. The van der Waals surface area contributed by atoms with Gasteiger partial charge in [0.05, 0.1) is 10.6 Å². The number of hydrogen-bond donors (Lipinski definition) is 2. The number of imidazole rings is 1. The van der Waals surface area contributed by atoms with Crippen molar-refractivity contribution in [2.75, 3.05) is 4.72 Å². The number of carbonyl (C=O) groups is 1. The van der Waals surface area contributed by atoms with E-state index < -0.39 is 10.0 Å². The fraction of sp³-hybridized carbons (Fsp3) is 0.185. The van der Waals surface area contributed by atoms with Crippen LogP contribution in [0.3, 0.4) is 0 Å². The molecule has 0 aliphatic rings. The van der Waals surface area contributed by atoms with Crippen LogP contribution in [0.4, 0.5) is 5.69 Å². The van der Waals surface area contributed by atoms with Crippen LogP contribution in [-0.4, -0.2) is 23.9 Å². The highest BCUT2D eigenvalue weighted by atomic mass is 32.2. The molecule has 1 aromatic heterocycles. The lowest BCUT2D eigenvalue weighted by Crippen LogP contribution is -2.23. The second kappa shape index (κ2) is 9.76. The zero-order valence-electron chi connectivity index (χ0n) is 20.2. The van der Waals surface area contributed by atoms with Crippen LogP contribution in [0.2, 0.25) is 0 Å². The number of sulfonamides is 1. The van der Waals surface area contributed by atoms with Crippen LogP contribution in [0.25, 0.3) is 5.69 Å². The molecule has 1 amide bonds. The molecule has 7 nitrogen and oxygen atoms in total. The third kappa shape index (κ3) is 5.44. The summed E-state index contributed by atoms with van der Waals surface area (Å²) in [5.74, 6) is 0.547. The Morgan fingerprint density at radius 3 is 2.31 bits per heavy atom. The molecule has 0 unspecified atom stereocenters. The molecule has 4 aromatic rings. The third-order valence-corrected chi connectivity index (χ3v) is 7.37. The normalized spacial score (nSPS) is 11.3. The maximum atomic E-state index is 13.1. The van der Waals surface area contributed by atoms with Gasteiger partial charge in [-0.1, -0.05) is 35.9 Å². The highest BCUT2D eigenvalue weighted by Gasteiger charge is 2.20. The summed E-state index contributed by atoms with van der Waals surface area (Å²) in [5, 5.41) is 2.87. The highest BCUT2D eigenvalue weighted by Crippen LogP contribution is 2.24. The summed E-state index contributed by atoms with van der Waals surface area (Å²) in [5.41, 5.74) is 5.14. The monoisotopic (exact) mass is 488 g/mol. The van der Waals surface area contributed by atoms with Gasteiger partial charge in [-0.05, 0) is 74.7 Å². The SMILES string of the molecule is Cc1ccc(NS(=O)(=O)c2cc(C(=O)NCc3ccc(-n4ccnc4C)cc3)ccc2C)c(C)c1. The van der Waals surface area contributed by atoms with E-state index in [1.165, 1.54) is 6.07 Å². The first kappa shape index (κ1) is 24.2. The van der Waals surface area contributed by atoms with Crippen molar-refractivity contribution in [1.82, 2.24) is 14.9 Å². The zero-order valence-corrected chi connectivity index (χ0v) is 21.0. The van der Waals surface area contributed by atoms with Crippen LogP contribution in [0.1, 0.15) is 38.4 Å². The largest absolute Gasteiger partial charge is 0.348 e. The molecule has 0 atom stereocenters. The molecule has 180 valence electrons. The minimum Gasteiger partial charge on any atom is -0.348 e. The van der Waals surface area contributed by atoms with E-state index in [4.69, 9.17) is 0 Å². The minimum absolute atomic E-state index is 0.0742. The Morgan fingerprint density at radius 2 is 1.66 bits per heavy atom. The van der Waals surface area contributed by atoms with Crippen molar-refractivity contribution in [1.29, 1.82) is 0 Å². The molecule has 2 N–H and O–H groups in total. The van der Waals surface area contributed by atoms with Crippen LogP contribution in [0.15, 0.2) is 78.0 Å². The van der Waals surface area contributed by atoms with E-state index in [-0.39, 0.29) is 16.4 Å². The number of anilines is 1. The van der Waals surface area contributed by atoms with Gasteiger partial charge >= 0.3 is 0 Å². The molecule has 0 radical (unpaired) electrons. The first-order valence-electron chi connectivity index (χ1n) is 11.2. The smallest absolute Gasteiger partial charge is 0.262 e. The van der Waals surface area contributed by atoms with Crippen molar-refractivity contribution in [3.63, 3.8) is 0 Å². The average molecular weight is 489 g/mol. The highest BCUT2D eigenvalue weighted by molar-refractivity contribution is 7.92. The quantitative estimate of drug-likeness (QED) is 0.389. The van der Waals surface area contributed by atoms with Gasteiger partial charge in [-0.15, -0.1) is 0 Å². The zero-order chi connectivity index (χ0) is 25.2. The Balaban J connectivity index is 1.48. The van der Waals surface area contributed by atoms with Crippen LogP contribution >= 0.6 is 0 Å². The summed E-state index contributed by atoms with van der Waals surface area (Å²) in [6.07, 6.45) is 3.64. The Morgan fingerprint density at radius 1 is 0.914 bits per heavy atom. The second-order valence-electron chi connectivity index (χ2n) is 8.60. The Bertz CT molecular complexity index is 1490. The number of aryl methyl sites for hydroxylation is 4. The number of carbonyl (C=O) groups excluding carboxylic acids is 1. The molecule has 0 aliphatic carbocycles. The molecule has 35 heavy (non-hydrogen) atoms. The fourth-order valence-corrected chi connectivity index (χ4v) is 5.27. The molecular formula is C27H28N4O3S. The number of amides is 1. The summed E-state index contributed by atoms with van der Waals surface area (Å²) >= 11 is 0. The van der Waals surface area contributed by atoms with Gasteiger partial charge in [-0.2, -0.15) is 0 Å². The van der Waals surface area contributed by atoms with Gasteiger partial charge in [0.15, 0.2) is 0 Å². The molecule has 0 aliphatic heterocycles. The van der Waals surface area contributed by atoms with Crippen LogP contribution in [0.5, 0.6) is 0 Å². The van der Waals surface area contributed by atoms with Crippen molar-refractivity contribution in [2.45, 2.75) is 39.1 Å². The van der Waals surface area contributed by atoms with Crippen molar-refractivity contribution >= 4 is 21.6 Å². The molecule has 3 aromatic carbocycles. The topological polar surface area (TPSA) is 93.1 Å². The number of aromatic nitrogens is 2. The van der Waals surface area contributed by atoms with Gasteiger partial charge in [-0.25, -0.2) is 13.4 Å². The maximum Gasteiger partial charge on any atom is 0.262 e. The van der Waals surface area contributed by atoms with Crippen LogP contribution in [-0.2, 0) is 16.6 Å². The molecule has 0 bridgehead atoms. The van der Waals surface area contributed by atoms with Gasteiger partial charge in [-0.3, -0.25) is 9.52 Å². The lowest BCUT2D eigenvalue weighted by molar-refractivity contribution is 0.0950. The Hall–Kier alpha value is -3.91. The molecule has 8 heteroatoms. The van der Waals surface area contributed by atoms with Crippen molar-refractivity contribution in [3.05, 3.63) is 107 Å². The molecule has 0 saturated carbocycles. The van der Waals surface area contributed by atoms with E-state index >= 15 is 0 Å². The summed E-state index contributed by atoms with van der Waals surface area (Å²) in [4.78, 5) is 17.1. The van der Waals surface area contributed by atoms with E-state index in [0.29, 0.717) is 17.8 Å². The van der Waals surface area contributed by atoms with E-state index in [0.717, 1.165) is 28.2 Å². The van der Waals surface area contributed by atoms with E-state index in [1.807, 2.05) is 67.9 Å². The lowest BCUT2D eigenvalue weighted by atomic mass is 10.1.